The molecule has 1 aliphatic heterocycles. The zero-order valence-electron chi connectivity index (χ0n) is 18.5. The van der Waals surface area contributed by atoms with Gasteiger partial charge in [-0.05, 0) is 34.1 Å². The molecule has 2 atom stereocenters. The normalized spacial score (nSPS) is 19.8. The van der Waals surface area contributed by atoms with Crippen molar-refractivity contribution >= 4 is 22.8 Å². The lowest BCUT2D eigenvalue weighted by Crippen LogP contribution is -2.59. The van der Waals surface area contributed by atoms with E-state index in [0.29, 0.717) is 24.1 Å². The number of ether oxygens (including phenoxy) is 1. The number of anilines is 1. The molecule has 1 fully saturated rings. The Kier molecular flexibility index (Phi) is 5.79. The van der Waals surface area contributed by atoms with Crippen molar-refractivity contribution in [3.63, 3.8) is 0 Å². The minimum absolute atomic E-state index is 0.0308. The summed E-state index contributed by atoms with van der Waals surface area (Å²) < 4.78 is 8.69. The fraction of sp³-hybridized carbons (Fsp3) is 0.619. The molecule has 0 unspecified atom stereocenters. The minimum Gasteiger partial charge on any atom is -0.444 e. The van der Waals surface area contributed by atoms with Gasteiger partial charge in [0.15, 0.2) is 0 Å². The van der Waals surface area contributed by atoms with Gasteiger partial charge in [0.05, 0.1) is 29.5 Å². The Morgan fingerprint density at radius 1 is 1.37 bits per heavy atom. The van der Waals surface area contributed by atoms with Gasteiger partial charge in [-0.15, -0.1) is 0 Å². The standard InChI is InChI=1S/C21H30N6O3/c1-7-15-12-26(14(2)11-27(15)20(29)30-21(3,4)5)16-10-18(28)24(6)17-13-25(9-8-22)23-19(16)17/h10,13-15H,7,9,11-12H2,1-6H3/t14-,15+/m0/s1. The van der Waals surface area contributed by atoms with Crippen molar-refractivity contribution in [2.45, 2.75) is 65.3 Å². The number of hydrogen-bond donors (Lipinski definition) is 0. The number of amides is 1. The van der Waals surface area contributed by atoms with E-state index in [1.54, 1.807) is 33.5 Å². The Morgan fingerprint density at radius 2 is 2.07 bits per heavy atom. The number of aromatic nitrogens is 3. The lowest BCUT2D eigenvalue weighted by Gasteiger charge is -2.46. The van der Waals surface area contributed by atoms with E-state index in [-0.39, 0.29) is 30.3 Å². The number of nitriles is 1. The van der Waals surface area contributed by atoms with Crippen molar-refractivity contribution in [3.8, 4) is 6.07 Å². The molecule has 0 aromatic carbocycles. The van der Waals surface area contributed by atoms with Crippen molar-refractivity contribution in [3.05, 3.63) is 22.6 Å². The highest BCUT2D eigenvalue weighted by atomic mass is 16.6. The first-order valence-corrected chi connectivity index (χ1v) is 10.3. The smallest absolute Gasteiger partial charge is 0.410 e. The van der Waals surface area contributed by atoms with Crippen molar-refractivity contribution < 1.29 is 9.53 Å². The number of pyridine rings is 1. The average molecular weight is 415 g/mol. The Balaban J connectivity index is 1.98. The van der Waals surface area contributed by atoms with E-state index in [9.17, 15) is 9.59 Å². The van der Waals surface area contributed by atoms with Gasteiger partial charge in [-0.3, -0.25) is 9.48 Å². The monoisotopic (exact) mass is 414 g/mol. The lowest BCUT2D eigenvalue weighted by molar-refractivity contribution is 0.0106. The molecule has 2 aromatic heterocycles. The van der Waals surface area contributed by atoms with Gasteiger partial charge in [0.2, 0.25) is 0 Å². The lowest BCUT2D eigenvalue weighted by atomic mass is 10.0. The third kappa shape index (κ3) is 4.13. The van der Waals surface area contributed by atoms with E-state index in [1.807, 2.05) is 34.6 Å². The van der Waals surface area contributed by atoms with Crippen LogP contribution in [0.1, 0.15) is 41.0 Å². The molecule has 9 nitrogen and oxygen atoms in total. The number of rotatable bonds is 3. The van der Waals surface area contributed by atoms with E-state index < -0.39 is 5.60 Å². The van der Waals surface area contributed by atoms with E-state index in [2.05, 4.69) is 16.1 Å². The number of carbonyl (C=O) groups is 1. The molecule has 0 aliphatic carbocycles. The maximum Gasteiger partial charge on any atom is 0.410 e. The van der Waals surface area contributed by atoms with Crippen LogP contribution in [0.4, 0.5) is 10.5 Å². The van der Waals surface area contributed by atoms with E-state index in [0.717, 1.165) is 12.1 Å². The van der Waals surface area contributed by atoms with E-state index >= 15 is 0 Å². The topological polar surface area (TPSA) is 96.4 Å². The van der Waals surface area contributed by atoms with E-state index in [1.165, 1.54) is 0 Å². The van der Waals surface area contributed by atoms with Crippen molar-refractivity contribution in [1.29, 1.82) is 5.26 Å². The van der Waals surface area contributed by atoms with Crippen LogP contribution in [0.3, 0.4) is 0 Å². The highest BCUT2D eigenvalue weighted by Crippen LogP contribution is 2.30. The molecule has 3 rings (SSSR count). The van der Waals surface area contributed by atoms with Gasteiger partial charge < -0.3 is 19.1 Å². The van der Waals surface area contributed by atoms with E-state index in [4.69, 9.17) is 10.00 Å². The van der Waals surface area contributed by atoms with Crippen LogP contribution in [0.5, 0.6) is 0 Å². The zero-order chi connectivity index (χ0) is 22.2. The Bertz CT molecular complexity index is 1040. The first kappa shape index (κ1) is 21.7. The second-order valence-electron chi connectivity index (χ2n) is 8.84. The highest BCUT2D eigenvalue weighted by Gasteiger charge is 2.37. The molecule has 162 valence electrons. The maximum absolute atomic E-state index is 12.7. The van der Waals surface area contributed by atoms with Gasteiger partial charge in [0.25, 0.3) is 5.56 Å². The summed E-state index contributed by atoms with van der Waals surface area (Å²) in [4.78, 5) is 29.3. The first-order chi connectivity index (χ1) is 14.1. The summed E-state index contributed by atoms with van der Waals surface area (Å²) in [7, 11) is 1.70. The second-order valence-corrected chi connectivity index (χ2v) is 8.84. The number of carbonyl (C=O) groups excluding carboxylic acids is 1. The fourth-order valence-corrected chi connectivity index (χ4v) is 3.88. The van der Waals surface area contributed by atoms with Crippen molar-refractivity contribution in [2.24, 2.45) is 7.05 Å². The second kappa shape index (κ2) is 8.01. The predicted octanol–water partition coefficient (Wildman–Crippen LogP) is 2.48. The number of aryl methyl sites for hydroxylation is 1. The number of fused-ring (bicyclic) bond motifs is 1. The quantitative estimate of drug-likeness (QED) is 0.766. The highest BCUT2D eigenvalue weighted by molar-refractivity contribution is 5.88. The van der Waals surface area contributed by atoms with Crippen LogP contribution in [-0.2, 0) is 18.3 Å². The summed E-state index contributed by atoms with van der Waals surface area (Å²) in [5.41, 5.74) is 1.41. The molecule has 2 aromatic rings. The van der Waals surface area contributed by atoms with Gasteiger partial charge >= 0.3 is 6.09 Å². The van der Waals surface area contributed by atoms with Crippen LogP contribution < -0.4 is 10.5 Å². The molecule has 0 radical (unpaired) electrons. The van der Waals surface area contributed by atoms with Gasteiger partial charge in [0, 0.05) is 32.2 Å². The third-order valence-corrected chi connectivity index (χ3v) is 5.42. The molecule has 9 heteroatoms. The molecule has 0 N–H and O–H groups in total. The van der Waals surface area contributed by atoms with Crippen LogP contribution in [0.25, 0.3) is 11.0 Å². The van der Waals surface area contributed by atoms with Crippen LogP contribution in [-0.4, -0.2) is 56.1 Å². The van der Waals surface area contributed by atoms with Gasteiger partial charge in [-0.1, -0.05) is 6.92 Å². The SMILES string of the molecule is CC[C@@H]1CN(c2cc(=O)n(C)c3cn(CC#N)nc23)[C@@H](C)CN1C(=O)OC(C)(C)C. The first-order valence-electron chi connectivity index (χ1n) is 10.3. The minimum atomic E-state index is -0.554. The summed E-state index contributed by atoms with van der Waals surface area (Å²) in [6.45, 7) is 10.8. The van der Waals surface area contributed by atoms with Crippen LogP contribution >= 0.6 is 0 Å². The van der Waals surface area contributed by atoms with Gasteiger partial charge in [-0.25, -0.2) is 4.79 Å². The molecular formula is C21H30N6O3. The van der Waals surface area contributed by atoms with Gasteiger partial charge in [0.1, 0.15) is 17.7 Å². The summed E-state index contributed by atoms with van der Waals surface area (Å²) in [6, 6.07) is 3.60. The fourth-order valence-electron chi connectivity index (χ4n) is 3.88. The van der Waals surface area contributed by atoms with Crippen molar-refractivity contribution in [2.75, 3.05) is 18.0 Å². The molecule has 0 spiro atoms. The molecule has 30 heavy (non-hydrogen) atoms. The summed E-state index contributed by atoms with van der Waals surface area (Å²) >= 11 is 0. The number of piperazine rings is 1. The molecule has 3 heterocycles. The third-order valence-electron chi connectivity index (χ3n) is 5.42. The Labute approximate surface area is 176 Å². The number of hydrogen-bond acceptors (Lipinski definition) is 6. The molecule has 0 bridgehead atoms. The summed E-state index contributed by atoms with van der Waals surface area (Å²) in [6.07, 6.45) is 2.18. The molecular weight excluding hydrogens is 384 g/mol. The zero-order valence-corrected chi connectivity index (χ0v) is 18.5. The molecule has 1 aliphatic rings. The van der Waals surface area contributed by atoms with Crippen LogP contribution in [0.15, 0.2) is 17.1 Å². The largest absolute Gasteiger partial charge is 0.444 e. The van der Waals surface area contributed by atoms with Crippen LogP contribution in [0, 0.1) is 11.3 Å². The predicted molar refractivity (Wildman–Crippen MR) is 114 cm³/mol. The summed E-state index contributed by atoms with van der Waals surface area (Å²) in [5.74, 6) is 0. The Hall–Kier alpha value is -3.02. The molecule has 1 amide bonds. The maximum atomic E-state index is 12.7. The molecule has 1 saturated heterocycles. The molecule has 0 saturated carbocycles. The van der Waals surface area contributed by atoms with Crippen molar-refractivity contribution in [1.82, 2.24) is 19.2 Å². The van der Waals surface area contributed by atoms with Gasteiger partial charge in [-0.2, -0.15) is 10.4 Å². The van der Waals surface area contributed by atoms with Crippen LogP contribution in [0.2, 0.25) is 0 Å². The average Bonchev–Trinajstić information content (AvgIpc) is 3.08. The summed E-state index contributed by atoms with van der Waals surface area (Å²) in [5, 5.41) is 13.6. The Morgan fingerprint density at radius 3 is 2.67 bits per heavy atom. The number of nitrogens with zero attached hydrogens (tertiary/aromatic N) is 6.